The Kier molecular flexibility index (Phi) is 4.55. The highest BCUT2D eigenvalue weighted by atomic mass is 32.1. The van der Waals surface area contributed by atoms with Gasteiger partial charge < -0.3 is 4.90 Å². The highest BCUT2D eigenvalue weighted by Gasteiger charge is 2.16. The summed E-state index contributed by atoms with van der Waals surface area (Å²) in [6.07, 6.45) is 0.430. The van der Waals surface area contributed by atoms with Crippen molar-refractivity contribution in [2.75, 3.05) is 13.6 Å². The molecule has 106 valence electrons. The number of hydrogen-bond donors (Lipinski definition) is 0. The molecule has 1 aromatic heterocycles. The van der Waals surface area contributed by atoms with Crippen LogP contribution >= 0.6 is 11.3 Å². The van der Waals surface area contributed by atoms with Gasteiger partial charge in [0.1, 0.15) is 0 Å². The number of carbonyl (C=O) groups excluding carboxylic acids is 1. The topological polar surface area (TPSA) is 33.2 Å². The van der Waals surface area contributed by atoms with Gasteiger partial charge in [-0.2, -0.15) is 0 Å². The number of aryl methyl sites for hydroxylation is 2. The predicted molar refractivity (Wildman–Crippen MR) is 84.0 cm³/mol. The van der Waals surface area contributed by atoms with Crippen molar-refractivity contribution in [2.45, 2.75) is 27.2 Å². The number of benzene rings is 1. The molecule has 0 N–H and O–H groups in total. The van der Waals surface area contributed by atoms with E-state index in [1.165, 1.54) is 5.56 Å². The Morgan fingerprint density at radius 1 is 1.25 bits per heavy atom. The van der Waals surface area contributed by atoms with Crippen molar-refractivity contribution in [3.8, 4) is 11.3 Å². The molecule has 4 heteroatoms. The number of likely N-dealkylation sites (N-methyl/N-ethyl adjacent to an activating group) is 1. The number of carbonyl (C=O) groups is 1. The van der Waals surface area contributed by atoms with Crippen LogP contribution in [0.4, 0.5) is 0 Å². The molecule has 1 amide bonds. The molecule has 2 aromatic rings. The summed E-state index contributed by atoms with van der Waals surface area (Å²) in [4.78, 5) is 19.5. The molecule has 0 bridgehead atoms. The smallest absolute Gasteiger partial charge is 0.227 e. The van der Waals surface area contributed by atoms with Crippen molar-refractivity contribution in [1.29, 1.82) is 0 Å². The van der Waals surface area contributed by atoms with Gasteiger partial charge in [0.05, 0.1) is 17.1 Å². The first-order chi connectivity index (χ1) is 9.51. The number of nitrogens with zero attached hydrogens (tertiary/aromatic N) is 2. The van der Waals surface area contributed by atoms with Gasteiger partial charge in [-0.05, 0) is 20.8 Å². The third kappa shape index (κ3) is 3.25. The van der Waals surface area contributed by atoms with E-state index < -0.39 is 0 Å². The zero-order valence-electron chi connectivity index (χ0n) is 12.4. The van der Waals surface area contributed by atoms with Crippen LogP contribution in [0.3, 0.4) is 0 Å². The first-order valence-electron chi connectivity index (χ1n) is 6.78. The quantitative estimate of drug-likeness (QED) is 0.863. The molecule has 0 saturated carbocycles. The van der Waals surface area contributed by atoms with Crippen LogP contribution in [0.25, 0.3) is 11.3 Å². The fourth-order valence-corrected chi connectivity index (χ4v) is 2.92. The molecule has 0 unspecified atom stereocenters. The Morgan fingerprint density at radius 2 is 1.90 bits per heavy atom. The lowest BCUT2D eigenvalue weighted by Crippen LogP contribution is -2.27. The second-order valence-electron chi connectivity index (χ2n) is 4.96. The third-order valence-corrected chi connectivity index (χ3v) is 4.31. The first-order valence-corrected chi connectivity index (χ1v) is 7.60. The fraction of sp³-hybridized carbons (Fsp3) is 0.375. The predicted octanol–water partition coefficient (Wildman–Crippen LogP) is 3.45. The van der Waals surface area contributed by atoms with Crippen LogP contribution in [0.15, 0.2) is 24.3 Å². The highest BCUT2D eigenvalue weighted by molar-refractivity contribution is 7.12. The molecule has 0 spiro atoms. The minimum absolute atomic E-state index is 0.143. The van der Waals surface area contributed by atoms with Gasteiger partial charge in [-0.1, -0.05) is 29.8 Å². The van der Waals surface area contributed by atoms with Crippen LogP contribution in [0.5, 0.6) is 0 Å². The normalized spacial score (nSPS) is 10.6. The molecule has 0 fully saturated rings. The van der Waals surface area contributed by atoms with E-state index in [2.05, 4.69) is 36.2 Å². The zero-order chi connectivity index (χ0) is 14.7. The van der Waals surface area contributed by atoms with Crippen molar-refractivity contribution in [1.82, 2.24) is 9.88 Å². The van der Waals surface area contributed by atoms with Crippen LogP contribution in [0, 0.1) is 13.8 Å². The number of aromatic nitrogens is 1. The van der Waals surface area contributed by atoms with E-state index in [4.69, 9.17) is 0 Å². The Bertz CT molecular complexity index is 601. The summed E-state index contributed by atoms with van der Waals surface area (Å²) in [5.41, 5.74) is 3.26. The maximum atomic E-state index is 12.1. The summed E-state index contributed by atoms with van der Waals surface area (Å²) in [7, 11) is 1.84. The van der Waals surface area contributed by atoms with Crippen molar-refractivity contribution >= 4 is 17.2 Å². The molecular weight excluding hydrogens is 268 g/mol. The van der Waals surface area contributed by atoms with Gasteiger partial charge >= 0.3 is 0 Å². The summed E-state index contributed by atoms with van der Waals surface area (Å²) in [6.45, 7) is 6.77. The lowest BCUT2D eigenvalue weighted by molar-refractivity contribution is -0.128. The summed E-state index contributed by atoms with van der Waals surface area (Å²) in [5.74, 6) is 0.143. The SMILES string of the molecule is CCN(C)C(=O)Cc1sc(C)nc1-c1ccc(C)cc1. The fourth-order valence-electron chi connectivity index (χ4n) is 1.97. The standard InChI is InChI=1S/C16H20N2OS/c1-5-18(4)15(19)10-14-16(17-12(3)20-14)13-8-6-11(2)7-9-13/h6-9H,5,10H2,1-4H3. The van der Waals surface area contributed by atoms with E-state index in [-0.39, 0.29) is 5.91 Å². The molecule has 0 saturated heterocycles. The molecule has 0 aliphatic carbocycles. The van der Waals surface area contributed by atoms with Gasteiger partial charge in [0.15, 0.2) is 0 Å². The van der Waals surface area contributed by atoms with Gasteiger partial charge in [-0.3, -0.25) is 4.79 Å². The lowest BCUT2D eigenvalue weighted by Gasteiger charge is -2.14. The van der Waals surface area contributed by atoms with Crippen LogP contribution in [-0.4, -0.2) is 29.4 Å². The van der Waals surface area contributed by atoms with E-state index >= 15 is 0 Å². The van der Waals surface area contributed by atoms with Crippen molar-refractivity contribution < 1.29 is 4.79 Å². The van der Waals surface area contributed by atoms with Crippen LogP contribution < -0.4 is 0 Å². The van der Waals surface area contributed by atoms with E-state index in [9.17, 15) is 4.79 Å². The minimum atomic E-state index is 0.143. The van der Waals surface area contributed by atoms with Gasteiger partial charge in [0.2, 0.25) is 5.91 Å². The van der Waals surface area contributed by atoms with Crippen LogP contribution in [0.2, 0.25) is 0 Å². The van der Waals surface area contributed by atoms with Crippen LogP contribution in [-0.2, 0) is 11.2 Å². The van der Waals surface area contributed by atoms with E-state index in [1.807, 2.05) is 20.9 Å². The molecule has 0 atom stereocenters. The molecular formula is C16H20N2OS. The maximum absolute atomic E-state index is 12.1. The van der Waals surface area contributed by atoms with Crippen molar-refractivity contribution in [3.05, 3.63) is 39.7 Å². The largest absolute Gasteiger partial charge is 0.346 e. The molecule has 0 aliphatic rings. The van der Waals surface area contributed by atoms with Crippen molar-refractivity contribution in [3.63, 3.8) is 0 Å². The summed E-state index contributed by atoms with van der Waals surface area (Å²) < 4.78 is 0. The Labute approximate surface area is 124 Å². The average molecular weight is 288 g/mol. The Balaban J connectivity index is 2.31. The number of thiazole rings is 1. The molecule has 1 aromatic carbocycles. The molecule has 0 radical (unpaired) electrons. The van der Waals surface area contributed by atoms with Gasteiger partial charge in [-0.25, -0.2) is 4.98 Å². The monoisotopic (exact) mass is 288 g/mol. The second-order valence-corrected chi connectivity index (χ2v) is 6.24. The minimum Gasteiger partial charge on any atom is -0.346 e. The van der Waals surface area contributed by atoms with E-state index in [0.29, 0.717) is 6.42 Å². The van der Waals surface area contributed by atoms with Gasteiger partial charge in [-0.15, -0.1) is 11.3 Å². The number of rotatable bonds is 4. The van der Waals surface area contributed by atoms with Crippen molar-refractivity contribution in [2.24, 2.45) is 0 Å². The Hall–Kier alpha value is -1.68. The summed E-state index contributed by atoms with van der Waals surface area (Å²) in [6, 6.07) is 8.30. The molecule has 2 rings (SSSR count). The average Bonchev–Trinajstić information content (AvgIpc) is 2.79. The second kappa shape index (κ2) is 6.18. The first kappa shape index (κ1) is 14.7. The van der Waals surface area contributed by atoms with Crippen LogP contribution in [0.1, 0.15) is 22.4 Å². The van der Waals surface area contributed by atoms with E-state index in [0.717, 1.165) is 27.7 Å². The Morgan fingerprint density at radius 3 is 2.50 bits per heavy atom. The third-order valence-electron chi connectivity index (χ3n) is 3.34. The molecule has 1 heterocycles. The van der Waals surface area contributed by atoms with Gasteiger partial charge in [0, 0.05) is 24.0 Å². The number of amides is 1. The molecule has 3 nitrogen and oxygen atoms in total. The zero-order valence-corrected chi connectivity index (χ0v) is 13.3. The maximum Gasteiger partial charge on any atom is 0.227 e. The highest BCUT2D eigenvalue weighted by Crippen LogP contribution is 2.29. The number of hydrogen-bond acceptors (Lipinski definition) is 3. The lowest BCUT2D eigenvalue weighted by atomic mass is 10.1. The summed E-state index contributed by atoms with van der Waals surface area (Å²) >= 11 is 1.61. The molecule has 0 aliphatic heterocycles. The summed E-state index contributed by atoms with van der Waals surface area (Å²) in [5, 5.41) is 1.00. The van der Waals surface area contributed by atoms with Gasteiger partial charge in [0.25, 0.3) is 0 Å². The molecule has 20 heavy (non-hydrogen) atoms. The van der Waals surface area contributed by atoms with E-state index in [1.54, 1.807) is 16.2 Å².